The van der Waals surface area contributed by atoms with E-state index in [-0.39, 0.29) is 0 Å². The SMILES string of the molecule is CCCc1nnc2sc(C=C(c3ccccc3)c3ccccc3)nn12. The van der Waals surface area contributed by atoms with Gasteiger partial charge in [0.25, 0.3) is 0 Å². The number of rotatable bonds is 5. The molecule has 2 aromatic heterocycles. The topological polar surface area (TPSA) is 43.1 Å². The maximum absolute atomic E-state index is 4.72. The molecule has 0 amide bonds. The lowest BCUT2D eigenvalue weighted by Crippen LogP contribution is -1.95. The average molecular weight is 346 g/mol. The van der Waals surface area contributed by atoms with Crippen LogP contribution in [-0.2, 0) is 6.42 Å². The van der Waals surface area contributed by atoms with Gasteiger partial charge >= 0.3 is 0 Å². The highest BCUT2D eigenvalue weighted by Crippen LogP contribution is 2.27. The van der Waals surface area contributed by atoms with Crippen LogP contribution >= 0.6 is 11.3 Å². The normalized spacial score (nSPS) is 10.9. The first-order valence-corrected chi connectivity index (χ1v) is 9.20. The van der Waals surface area contributed by atoms with E-state index in [0.717, 1.165) is 34.2 Å². The number of aryl methyl sites for hydroxylation is 1. The highest BCUT2D eigenvalue weighted by Gasteiger charge is 2.12. The molecule has 0 saturated carbocycles. The smallest absolute Gasteiger partial charge is 0.187 e. The minimum absolute atomic E-state index is 0.843. The van der Waals surface area contributed by atoms with Gasteiger partial charge in [-0.05, 0) is 29.2 Å². The Kier molecular flexibility index (Phi) is 4.39. The summed E-state index contributed by atoms with van der Waals surface area (Å²) in [6.07, 6.45) is 4.06. The maximum Gasteiger partial charge on any atom is 0.234 e. The predicted octanol–water partition coefficient (Wildman–Crippen LogP) is 4.73. The minimum atomic E-state index is 0.843. The van der Waals surface area contributed by atoms with Gasteiger partial charge in [0.05, 0.1) is 0 Å². The molecule has 0 aliphatic heterocycles. The number of hydrogen-bond acceptors (Lipinski definition) is 4. The molecular weight excluding hydrogens is 328 g/mol. The Morgan fingerprint density at radius 1 is 0.960 bits per heavy atom. The van der Waals surface area contributed by atoms with Crippen molar-refractivity contribution < 1.29 is 0 Å². The van der Waals surface area contributed by atoms with Crippen LogP contribution < -0.4 is 0 Å². The summed E-state index contributed by atoms with van der Waals surface area (Å²) in [5.41, 5.74) is 3.50. The Morgan fingerprint density at radius 3 is 2.20 bits per heavy atom. The Hall–Kier alpha value is -2.79. The van der Waals surface area contributed by atoms with Crippen molar-refractivity contribution in [2.75, 3.05) is 0 Å². The highest BCUT2D eigenvalue weighted by atomic mass is 32.1. The molecule has 0 bridgehead atoms. The molecule has 4 rings (SSSR count). The van der Waals surface area contributed by atoms with E-state index in [1.54, 1.807) is 11.3 Å². The summed E-state index contributed by atoms with van der Waals surface area (Å²) in [5, 5.41) is 14.1. The van der Waals surface area contributed by atoms with Crippen LogP contribution in [0.1, 0.15) is 35.3 Å². The number of aromatic nitrogens is 4. The van der Waals surface area contributed by atoms with E-state index in [0.29, 0.717) is 0 Å². The van der Waals surface area contributed by atoms with Crippen LogP contribution in [0.25, 0.3) is 16.6 Å². The van der Waals surface area contributed by atoms with Gasteiger partial charge in [0.1, 0.15) is 5.01 Å². The minimum Gasteiger partial charge on any atom is -0.187 e. The molecule has 4 aromatic rings. The lowest BCUT2D eigenvalue weighted by atomic mass is 9.98. The summed E-state index contributed by atoms with van der Waals surface area (Å²) in [6, 6.07) is 20.8. The van der Waals surface area contributed by atoms with Gasteiger partial charge in [0, 0.05) is 6.42 Å². The first-order valence-electron chi connectivity index (χ1n) is 8.39. The fraction of sp³-hybridized carbons (Fsp3) is 0.150. The lowest BCUT2D eigenvalue weighted by molar-refractivity contribution is 0.775. The third-order valence-electron chi connectivity index (χ3n) is 3.98. The second-order valence-corrected chi connectivity index (χ2v) is 6.78. The van der Waals surface area contributed by atoms with Gasteiger partial charge in [-0.25, -0.2) is 0 Å². The average Bonchev–Trinajstić information content (AvgIpc) is 3.23. The number of nitrogens with zero attached hydrogens (tertiary/aromatic N) is 4. The molecule has 0 aliphatic rings. The first kappa shape index (κ1) is 15.7. The van der Waals surface area contributed by atoms with E-state index in [4.69, 9.17) is 5.10 Å². The number of benzene rings is 2. The molecular formula is C20H18N4S. The summed E-state index contributed by atoms with van der Waals surface area (Å²) < 4.78 is 1.87. The molecule has 0 spiro atoms. The summed E-state index contributed by atoms with van der Waals surface area (Å²) in [5.74, 6) is 0.925. The zero-order valence-corrected chi connectivity index (χ0v) is 14.8. The summed E-state index contributed by atoms with van der Waals surface area (Å²) in [7, 11) is 0. The van der Waals surface area contributed by atoms with Crippen molar-refractivity contribution in [1.82, 2.24) is 19.8 Å². The fourth-order valence-electron chi connectivity index (χ4n) is 2.80. The van der Waals surface area contributed by atoms with Crippen molar-refractivity contribution in [3.8, 4) is 0 Å². The maximum atomic E-state index is 4.72. The highest BCUT2D eigenvalue weighted by molar-refractivity contribution is 7.17. The van der Waals surface area contributed by atoms with Gasteiger partial charge in [-0.1, -0.05) is 78.9 Å². The molecule has 0 saturated heterocycles. The number of fused-ring (bicyclic) bond motifs is 1. The third-order valence-corrected chi connectivity index (χ3v) is 4.83. The zero-order valence-electron chi connectivity index (χ0n) is 14.0. The van der Waals surface area contributed by atoms with E-state index < -0.39 is 0 Å². The standard InChI is InChI=1S/C20H18N4S/c1-2-9-18-21-22-20-24(18)23-19(25-20)14-17(15-10-5-3-6-11-15)16-12-7-4-8-13-16/h3-8,10-14H,2,9H2,1H3. The zero-order chi connectivity index (χ0) is 17.1. The third kappa shape index (κ3) is 3.23. The van der Waals surface area contributed by atoms with Crippen molar-refractivity contribution in [3.05, 3.63) is 82.6 Å². The molecule has 0 N–H and O–H groups in total. The quantitative estimate of drug-likeness (QED) is 0.525. The van der Waals surface area contributed by atoms with E-state index in [1.807, 2.05) is 16.6 Å². The second-order valence-electron chi connectivity index (χ2n) is 5.79. The predicted molar refractivity (Wildman–Crippen MR) is 103 cm³/mol. The molecule has 5 heteroatoms. The Labute approximate surface area is 150 Å². The molecule has 2 heterocycles. The second kappa shape index (κ2) is 6.99. The largest absolute Gasteiger partial charge is 0.234 e. The van der Waals surface area contributed by atoms with Crippen molar-refractivity contribution in [2.24, 2.45) is 0 Å². The first-order chi connectivity index (χ1) is 12.3. The van der Waals surface area contributed by atoms with E-state index in [1.165, 1.54) is 11.1 Å². The van der Waals surface area contributed by atoms with Gasteiger partial charge in [0.2, 0.25) is 4.96 Å². The summed E-state index contributed by atoms with van der Waals surface area (Å²) >= 11 is 1.56. The Balaban J connectivity index is 1.82. The van der Waals surface area contributed by atoms with Crippen LogP contribution in [0.4, 0.5) is 0 Å². The van der Waals surface area contributed by atoms with Crippen LogP contribution in [0.2, 0.25) is 0 Å². The molecule has 25 heavy (non-hydrogen) atoms. The van der Waals surface area contributed by atoms with Gasteiger partial charge in [0.15, 0.2) is 5.82 Å². The summed E-state index contributed by atoms with van der Waals surface area (Å²) in [6.45, 7) is 2.14. The van der Waals surface area contributed by atoms with Crippen LogP contribution in [0.3, 0.4) is 0 Å². The Morgan fingerprint density at radius 2 is 1.60 bits per heavy atom. The molecule has 0 aliphatic carbocycles. The molecule has 0 radical (unpaired) electrons. The van der Waals surface area contributed by atoms with Crippen molar-refractivity contribution >= 4 is 27.9 Å². The molecule has 124 valence electrons. The van der Waals surface area contributed by atoms with E-state index in [2.05, 4.69) is 71.7 Å². The monoisotopic (exact) mass is 346 g/mol. The lowest BCUT2D eigenvalue weighted by Gasteiger charge is -2.07. The van der Waals surface area contributed by atoms with Gasteiger partial charge in [-0.2, -0.15) is 9.61 Å². The van der Waals surface area contributed by atoms with Crippen molar-refractivity contribution in [2.45, 2.75) is 19.8 Å². The van der Waals surface area contributed by atoms with Crippen LogP contribution in [0.15, 0.2) is 60.7 Å². The Bertz CT molecular complexity index is 959. The van der Waals surface area contributed by atoms with Gasteiger partial charge in [-0.3, -0.25) is 0 Å². The molecule has 4 nitrogen and oxygen atoms in total. The van der Waals surface area contributed by atoms with Gasteiger partial charge < -0.3 is 0 Å². The van der Waals surface area contributed by atoms with Crippen LogP contribution in [0, 0.1) is 0 Å². The van der Waals surface area contributed by atoms with Crippen molar-refractivity contribution in [3.63, 3.8) is 0 Å². The van der Waals surface area contributed by atoms with Crippen LogP contribution in [0.5, 0.6) is 0 Å². The van der Waals surface area contributed by atoms with E-state index in [9.17, 15) is 0 Å². The molecule has 0 atom stereocenters. The van der Waals surface area contributed by atoms with Crippen LogP contribution in [-0.4, -0.2) is 19.8 Å². The molecule has 0 unspecified atom stereocenters. The summed E-state index contributed by atoms with van der Waals surface area (Å²) in [4.78, 5) is 0.843. The molecule has 0 fully saturated rings. The van der Waals surface area contributed by atoms with Gasteiger partial charge in [-0.15, -0.1) is 10.2 Å². The van der Waals surface area contributed by atoms with Crippen molar-refractivity contribution in [1.29, 1.82) is 0 Å². The molecule has 2 aromatic carbocycles. The fourth-order valence-corrected chi connectivity index (χ4v) is 3.60. The van der Waals surface area contributed by atoms with E-state index >= 15 is 0 Å². The number of hydrogen-bond donors (Lipinski definition) is 0.